The molecule has 0 saturated heterocycles. The first kappa shape index (κ1) is 16.7. The molecule has 2 aromatic carbocycles. The third kappa shape index (κ3) is 3.77. The number of nitrogens with zero attached hydrogens (tertiary/aromatic N) is 3. The standard InChI is InChI=1S/C22H18N4O/c1-16-8-10-17(11-9-16)12-13-21(27)23-19-6-4-5-18(15-19)22-25-24-20-7-2-3-14-26(20)22/h2-15H,1H3,(H,23,27)/b13-12+. The number of benzene rings is 2. The molecule has 2 aromatic heterocycles. The minimum atomic E-state index is -0.182. The molecule has 5 heteroatoms. The largest absolute Gasteiger partial charge is 0.322 e. The van der Waals surface area contributed by atoms with Gasteiger partial charge in [0.25, 0.3) is 0 Å². The monoisotopic (exact) mass is 354 g/mol. The molecular formula is C22H18N4O. The molecule has 0 spiro atoms. The van der Waals surface area contributed by atoms with Gasteiger partial charge in [-0.1, -0.05) is 48.0 Å². The van der Waals surface area contributed by atoms with Crippen molar-refractivity contribution >= 4 is 23.3 Å². The van der Waals surface area contributed by atoms with Gasteiger partial charge in [-0.15, -0.1) is 10.2 Å². The van der Waals surface area contributed by atoms with Gasteiger partial charge in [0.15, 0.2) is 11.5 Å². The van der Waals surface area contributed by atoms with E-state index >= 15 is 0 Å². The molecule has 132 valence electrons. The van der Waals surface area contributed by atoms with Crippen LogP contribution < -0.4 is 5.32 Å². The van der Waals surface area contributed by atoms with Crippen molar-refractivity contribution in [1.82, 2.24) is 14.6 Å². The van der Waals surface area contributed by atoms with Gasteiger partial charge in [-0.2, -0.15) is 0 Å². The van der Waals surface area contributed by atoms with E-state index in [0.717, 1.165) is 22.6 Å². The number of carbonyl (C=O) groups is 1. The Morgan fingerprint density at radius 1 is 1.00 bits per heavy atom. The first-order valence-corrected chi connectivity index (χ1v) is 8.65. The van der Waals surface area contributed by atoms with Gasteiger partial charge < -0.3 is 5.32 Å². The second-order valence-electron chi connectivity index (χ2n) is 6.27. The Bertz CT molecular complexity index is 1130. The van der Waals surface area contributed by atoms with E-state index < -0.39 is 0 Å². The second kappa shape index (κ2) is 7.25. The SMILES string of the molecule is Cc1ccc(/C=C/C(=O)Nc2cccc(-c3nnc4ccccn34)c2)cc1. The summed E-state index contributed by atoms with van der Waals surface area (Å²) in [5.74, 6) is 0.552. The van der Waals surface area contributed by atoms with Crippen molar-refractivity contribution in [3.05, 3.63) is 90.1 Å². The molecule has 4 aromatic rings. The summed E-state index contributed by atoms with van der Waals surface area (Å²) >= 11 is 0. The lowest BCUT2D eigenvalue weighted by atomic mass is 10.1. The zero-order valence-corrected chi connectivity index (χ0v) is 14.8. The average molecular weight is 354 g/mol. The number of fused-ring (bicyclic) bond motifs is 1. The average Bonchev–Trinajstić information content (AvgIpc) is 3.12. The molecule has 0 aliphatic rings. The number of anilines is 1. The van der Waals surface area contributed by atoms with Crippen molar-refractivity contribution in [3.63, 3.8) is 0 Å². The highest BCUT2D eigenvalue weighted by Crippen LogP contribution is 2.21. The highest BCUT2D eigenvalue weighted by Gasteiger charge is 2.08. The summed E-state index contributed by atoms with van der Waals surface area (Å²) in [7, 11) is 0. The normalized spacial score (nSPS) is 11.1. The van der Waals surface area contributed by atoms with E-state index in [0.29, 0.717) is 5.69 Å². The van der Waals surface area contributed by atoms with E-state index in [4.69, 9.17) is 0 Å². The number of aromatic nitrogens is 3. The van der Waals surface area contributed by atoms with Crippen LogP contribution in [-0.4, -0.2) is 20.5 Å². The van der Waals surface area contributed by atoms with Crippen LogP contribution in [0.4, 0.5) is 5.69 Å². The second-order valence-corrected chi connectivity index (χ2v) is 6.27. The predicted octanol–water partition coefficient (Wildman–Crippen LogP) is 4.36. The Labute approximate surface area is 157 Å². The highest BCUT2D eigenvalue weighted by atomic mass is 16.1. The fourth-order valence-corrected chi connectivity index (χ4v) is 2.81. The molecule has 0 aliphatic heterocycles. The molecule has 2 heterocycles. The Morgan fingerprint density at radius 2 is 1.85 bits per heavy atom. The number of aryl methyl sites for hydroxylation is 1. The van der Waals surface area contributed by atoms with Gasteiger partial charge in [-0.25, -0.2) is 0 Å². The lowest BCUT2D eigenvalue weighted by molar-refractivity contribution is -0.111. The van der Waals surface area contributed by atoms with Crippen molar-refractivity contribution in [2.24, 2.45) is 0 Å². The van der Waals surface area contributed by atoms with Crippen LogP contribution in [0.3, 0.4) is 0 Å². The summed E-state index contributed by atoms with van der Waals surface area (Å²) in [6, 6.07) is 21.3. The Kier molecular flexibility index (Phi) is 4.49. The lowest BCUT2D eigenvalue weighted by Crippen LogP contribution is -2.07. The summed E-state index contributed by atoms with van der Waals surface area (Å²) in [4.78, 5) is 12.2. The van der Waals surface area contributed by atoms with Crippen molar-refractivity contribution in [2.45, 2.75) is 6.92 Å². The maximum atomic E-state index is 12.2. The number of carbonyl (C=O) groups excluding carboxylic acids is 1. The fraction of sp³-hybridized carbons (Fsp3) is 0.0455. The van der Waals surface area contributed by atoms with Gasteiger partial charge in [0, 0.05) is 23.5 Å². The molecule has 4 rings (SSSR count). The zero-order chi connectivity index (χ0) is 18.6. The number of hydrogen-bond donors (Lipinski definition) is 1. The van der Waals surface area contributed by atoms with E-state index in [1.54, 1.807) is 6.08 Å². The van der Waals surface area contributed by atoms with Crippen LogP contribution in [0, 0.1) is 6.92 Å². The van der Waals surface area contributed by atoms with Gasteiger partial charge in [-0.05, 0) is 42.8 Å². The third-order valence-electron chi connectivity index (χ3n) is 4.21. The highest BCUT2D eigenvalue weighted by molar-refractivity contribution is 6.02. The van der Waals surface area contributed by atoms with E-state index in [1.165, 1.54) is 11.6 Å². The first-order valence-electron chi connectivity index (χ1n) is 8.65. The Hall–Kier alpha value is -3.73. The van der Waals surface area contributed by atoms with Crippen LogP contribution in [0.15, 0.2) is 79.0 Å². The molecule has 0 fully saturated rings. The quantitative estimate of drug-likeness (QED) is 0.554. The van der Waals surface area contributed by atoms with E-state index in [9.17, 15) is 4.79 Å². The van der Waals surface area contributed by atoms with Gasteiger partial charge >= 0.3 is 0 Å². The lowest BCUT2D eigenvalue weighted by Gasteiger charge is -2.05. The molecule has 27 heavy (non-hydrogen) atoms. The number of hydrogen-bond acceptors (Lipinski definition) is 3. The molecule has 5 nitrogen and oxygen atoms in total. The maximum absolute atomic E-state index is 12.2. The van der Waals surface area contributed by atoms with E-state index in [2.05, 4.69) is 15.5 Å². The fourth-order valence-electron chi connectivity index (χ4n) is 2.81. The minimum Gasteiger partial charge on any atom is -0.322 e. The Balaban J connectivity index is 1.52. The predicted molar refractivity (Wildman–Crippen MR) is 107 cm³/mol. The Morgan fingerprint density at radius 3 is 2.70 bits per heavy atom. The molecule has 0 unspecified atom stereocenters. The van der Waals surface area contributed by atoms with Crippen LogP contribution in [0.1, 0.15) is 11.1 Å². The number of pyridine rings is 1. The molecule has 0 bridgehead atoms. The summed E-state index contributed by atoms with van der Waals surface area (Å²) in [5, 5.41) is 11.3. The number of nitrogens with one attached hydrogen (secondary N) is 1. The van der Waals surface area contributed by atoms with Crippen LogP contribution in [0.2, 0.25) is 0 Å². The number of amides is 1. The van der Waals surface area contributed by atoms with Crippen molar-refractivity contribution in [2.75, 3.05) is 5.32 Å². The van der Waals surface area contributed by atoms with Crippen LogP contribution in [-0.2, 0) is 4.79 Å². The molecule has 1 N–H and O–H groups in total. The molecule has 0 atom stereocenters. The molecule has 0 aliphatic carbocycles. The smallest absolute Gasteiger partial charge is 0.248 e. The number of rotatable bonds is 4. The summed E-state index contributed by atoms with van der Waals surface area (Å²) < 4.78 is 1.91. The molecule has 0 radical (unpaired) electrons. The van der Waals surface area contributed by atoms with Gasteiger partial charge in [0.2, 0.25) is 5.91 Å². The third-order valence-corrected chi connectivity index (χ3v) is 4.21. The summed E-state index contributed by atoms with van der Waals surface area (Å²) in [5.41, 5.74) is 4.55. The molecular weight excluding hydrogens is 336 g/mol. The van der Waals surface area contributed by atoms with Gasteiger partial charge in [0.1, 0.15) is 0 Å². The van der Waals surface area contributed by atoms with E-state index in [1.807, 2.05) is 84.3 Å². The van der Waals surface area contributed by atoms with Crippen molar-refractivity contribution in [3.8, 4) is 11.4 Å². The first-order chi connectivity index (χ1) is 13.2. The van der Waals surface area contributed by atoms with E-state index in [-0.39, 0.29) is 5.91 Å². The van der Waals surface area contributed by atoms with Crippen LogP contribution in [0.5, 0.6) is 0 Å². The topological polar surface area (TPSA) is 59.3 Å². The van der Waals surface area contributed by atoms with Gasteiger partial charge in [-0.3, -0.25) is 9.20 Å². The van der Waals surface area contributed by atoms with Crippen molar-refractivity contribution in [1.29, 1.82) is 0 Å². The minimum absolute atomic E-state index is 0.182. The summed E-state index contributed by atoms with van der Waals surface area (Å²) in [6.07, 6.45) is 5.24. The maximum Gasteiger partial charge on any atom is 0.248 e. The van der Waals surface area contributed by atoms with Crippen LogP contribution >= 0.6 is 0 Å². The van der Waals surface area contributed by atoms with Crippen molar-refractivity contribution < 1.29 is 4.79 Å². The molecule has 1 amide bonds. The summed E-state index contributed by atoms with van der Waals surface area (Å²) in [6.45, 7) is 2.03. The van der Waals surface area contributed by atoms with Gasteiger partial charge in [0.05, 0.1) is 0 Å². The zero-order valence-electron chi connectivity index (χ0n) is 14.8. The van der Waals surface area contributed by atoms with Crippen LogP contribution in [0.25, 0.3) is 23.1 Å². The molecule has 0 saturated carbocycles.